The molecule has 3 rings (SSSR count). The first-order valence-electron chi connectivity index (χ1n) is 8.04. The van der Waals surface area contributed by atoms with Gasteiger partial charge in [0.15, 0.2) is 0 Å². The maximum Gasteiger partial charge on any atom is 0.248 e. The lowest BCUT2D eigenvalue weighted by atomic mass is 9.79. The van der Waals surface area contributed by atoms with Gasteiger partial charge >= 0.3 is 0 Å². The molecule has 4 heteroatoms. The van der Waals surface area contributed by atoms with Gasteiger partial charge in [-0.3, -0.25) is 9.69 Å². The Morgan fingerprint density at radius 2 is 2.10 bits per heavy atom. The van der Waals surface area contributed by atoms with Crippen molar-refractivity contribution in [3.8, 4) is 0 Å². The smallest absolute Gasteiger partial charge is 0.248 e. The van der Waals surface area contributed by atoms with E-state index >= 15 is 0 Å². The molecular formula is C17H25N3O. The zero-order valence-corrected chi connectivity index (χ0v) is 12.6. The van der Waals surface area contributed by atoms with Crippen LogP contribution in [-0.4, -0.2) is 36.0 Å². The summed E-state index contributed by atoms with van der Waals surface area (Å²) in [4.78, 5) is 14.0. The van der Waals surface area contributed by atoms with Crippen LogP contribution in [0.1, 0.15) is 48.0 Å². The van der Waals surface area contributed by atoms with Crippen LogP contribution in [-0.2, 0) is 6.54 Å². The maximum atomic E-state index is 11.3. The Hall–Kier alpha value is -1.39. The van der Waals surface area contributed by atoms with Gasteiger partial charge in [-0.1, -0.05) is 31.4 Å². The maximum absolute atomic E-state index is 11.3. The molecule has 1 heterocycles. The van der Waals surface area contributed by atoms with E-state index in [1.807, 2.05) is 12.1 Å². The fraction of sp³-hybridized carbons (Fsp3) is 0.588. The molecule has 1 saturated heterocycles. The number of hydrogen-bond acceptors (Lipinski definition) is 3. The van der Waals surface area contributed by atoms with E-state index < -0.39 is 0 Å². The summed E-state index contributed by atoms with van der Waals surface area (Å²) in [5, 5.41) is 3.57. The van der Waals surface area contributed by atoms with Gasteiger partial charge in [0.25, 0.3) is 0 Å². The van der Waals surface area contributed by atoms with Crippen LogP contribution in [0.4, 0.5) is 0 Å². The van der Waals surface area contributed by atoms with E-state index in [0.29, 0.717) is 11.1 Å². The van der Waals surface area contributed by atoms with Crippen molar-refractivity contribution < 1.29 is 4.79 Å². The van der Waals surface area contributed by atoms with Crippen LogP contribution >= 0.6 is 0 Å². The quantitative estimate of drug-likeness (QED) is 0.892. The molecule has 2 fully saturated rings. The fourth-order valence-electron chi connectivity index (χ4n) is 3.88. The van der Waals surface area contributed by atoms with E-state index in [1.165, 1.54) is 37.7 Å². The number of amides is 1. The molecule has 0 atom stereocenters. The second-order valence-electron chi connectivity index (χ2n) is 6.45. The van der Waals surface area contributed by atoms with Crippen LogP contribution in [0.2, 0.25) is 0 Å². The number of nitrogens with two attached hydrogens (primary N) is 1. The van der Waals surface area contributed by atoms with Crippen molar-refractivity contribution >= 4 is 5.91 Å². The Bertz CT molecular complexity index is 500. The van der Waals surface area contributed by atoms with Gasteiger partial charge in [-0.25, -0.2) is 0 Å². The number of nitrogens with zero attached hydrogens (tertiary/aromatic N) is 1. The summed E-state index contributed by atoms with van der Waals surface area (Å²) in [5.41, 5.74) is 7.51. The summed E-state index contributed by atoms with van der Waals surface area (Å²) in [6.45, 7) is 4.16. The van der Waals surface area contributed by atoms with E-state index in [1.54, 1.807) is 6.07 Å². The van der Waals surface area contributed by atoms with Gasteiger partial charge < -0.3 is 11.1 Å². The lowest BCUT2D eigenvalue weighted by Gasteiger charge is -2.50. The Morgan fingerprint density at radius 3 is 2.86 bits per heavy atom. The molecule has 114 valence electrons. The molecule has 1 saturated carbocycles. The molecule has 1 aromatic carbocycles. The van der Waals surface area contributed by atoms with Gasteiger partial charge in [-0.05, 0) is 30.5 Å². The van der Waals surface area contributed by atoms with Crippen LogP contribution in [0.5, 0.6) is 0 Å². The van der Waals surface area contributed by atoms with E-state index in [0.717, 1.165) is 26.2 Å². The number of hydrogen-bond donors (Lipinski definition) is 2. The molecule has 1 amide bonds. The normalized spacial score (nSPS) is 22.3. The van der Waals surface area contributed by atoms with Gasteiger partial charge in [-0.15, -0.1) is 0 Å². The van der Waals surface area contributed by atoms with Crippen molar-refractivity contribution in [3.05, 3.63) is 35.4 Å². The zero-order chi connectivity index (χ0) is 14.7. The standard InChI is InChI=1S/C17H25N3O/c18-16(21)15-6-4-5-14(11-15)12-20-10-9-19-13-17(20)7-2-1-3-8-17/h4-6,11,19H,1-3,7-10,12-13H2,(H2,18,21). The minimum atomic E-state index is -0.343. The van der Waals surface area contributed by atoms with Gasteiger partial charge in [0.2, 0.25) is 5.91 Å². The molecule has 0 aromatic heterocycles. The predicted molar refractivity (Wildman–Crippen MR) is 84.1 cm³/mol. The molecule has 2 aliphatic rings. The van der Waals surface area contributed by atoms with Crippen molar-refractivity contribution in [2.75, 3.05) is 19.6 Å². The second-order valence-corrected chi connectivity index (χ2v) is 6.45. The number of nitrogens with one attached hydrogen (secondary N) is 1. The number of rotatable bonds is 3. The van der Waals surface area contributed by atoms with Gasteiger partial charge in [0.05, 0.1) is 0 Å². The molecule has 1 aliphatic heterocycles. The highest BCUT2D eigenvalue weighted by atomic mass is 16.1. The average Bonchev–Trinajstić information content (AvgIpc) is 2.51. The first kappa shape index (κ1) is 14.5. The van der Waals surface area contributed by atoms with Crippen molar-refractivity contribution in [1.82, 2.24) is 10.2 Å². The number of benzene rings is 1. The Kier molecular flexibility index (Phi) is 4.27. The highest BCUT2D eigenvalue weighted by Crippen LogP contribution is 2.35. The van der Waals surface area contributed by atoms with Crippen molar-refractivity contribution in [2.45, 2.75) is 44.2 Å². The predicted octanol–water partition coefficient (Wildman–Crippen LogP) is 1.89. The summed E-state index contributed by atoms with van der Waals surface area (Å²) >= 11 is 0. The number of piperazine rings is 1. The minimum Gasteiger partial charge on any atom is -0.366 e. The van der Waals surface area contributed by atoms with Crippen LogP contribution in [0.15, 0.2) is 24.3 Å². The summed E-state index contributed by atoms with van der Waals surface area (Å²) in [6.07, 6.45) is 6.61. The summed E-state index contributed by atoms with van der Waals surface area (Å²) < 4.78 is 0. The number of primary amides is 1. The summed E-state index contributed by atoms with van der Waals surface area (Å²) in [5.74, 6) is -0.343. The lowest BCUT2D eigenvalue weighted by Crippen LogP contribution is -2.61. The van der Waals surface area contributed by atoms with E-state index in [9.17, 15) is 4.79 Å². The molecule has 3 N–H and O–H groups in total. The molecule has 0 radical (unpaired) electrons. The third-order valence-corrected chi connectivity index (χ3v) is 5.05. The summed E-state index contributed by atoms with van der Waals surface area (Å²) in [7, 11) is 0. The SMILES string of the molecule is NC(=O)c1cccc(CN2CCNCC23CCCCC3)c1. The molecule has 21 heavy (non-hydrogen) atoms. The number of carbonyl (C=O) groups is 1. The highest BCUT2D eigenvalue weighted by Gasteiger charge is 2.39. The van der Waals surface area contributed by atoms with Crippen LogP contribution in [0.25, 0.3) is 0 Å². The fourth-order valence-corrected chi connectivity index (χ4v) is 3.88. The Balaban J connectivity index is 1.78. The lowest BCUT2D eigenvalue weighted by molar-refractivity contribution is 0.0209. The van der Waals surface area contributed by atoms with E-state index in [-0.39, 0.29) is 5.91 Å². The number of carbonyl (C=O) groups excluding carboxylic acids is 1. The molecule has 0 bridgehead atoms. The topological polar surface area (TPSA) is 58.4 Å². The van der Waals surface area contributed by atoms with Crippen LogP contribution in [0.3, 0.4) is 0 Å². The molecule has 0 unspecified atom stereocenters. The summed E-state index contributed by atoms with van der Waals surface area (Å²) in [6, 6.07) is 7.77. The first-order chi connectivity index (χ1) is 10.2. The van der Waals surface area contributed by atoms with Crippen molar-refractivity contribution in [3.63, 3.8) is 0 Å². The average molecular weight is 287 g/mol. The van der Waals surface area contributed by atoms with Crippen molar-refractivity contribution in [1.29, 1.82) is 0 Å². The monoisotopic (exact) mass is 287 g/mol. The van der Waals surface area contributed by atoms with E-state index in [4.69, 9.17) is 5.73 Å². The van der Waals surface area contributed by atoms with E-state index in [2.05, 4.69) is 16.3 Å². The van der Waals surface area contributed by atoms with Crippen LogP contribution in [0, 0.1) is 0 Å². The Labute approximate surface area is 126 Å². The first-order valence-corrected chi connectivity index (χ1v) is 8.04. The minimum absolute atomic E-state index is 0.319. The van der Waals surface area contributed by atoms with Gasteiger partial charge in [0.1, 0.15) is 0 Å². The van der Waals surface area contributed by atoms with Crippen LogP contribution < -0.4 is 11.1 Å². The zero-order valence-electron chi connectivity index (χ0n) is 12.6. The van der Waals surface area contributed by atoms with Gasteiger partial charge in [0, 0.05) is 37.3 Å². The third kappa shape index (κ3) is 3.11. The second kappa shape index (κ2) is 6.16. The van der Waals surface area contributed by atoms with Gasteiger partial charge in [-0.2, -0.15) is 0 Å². The molecular weight excluding hydrogens is 262 g/mol. The molecule has 1 aliphatic carbocycles. The Morgan fingerprint density at radius 1 is 1.29 bits per heavy atom. The molecule has 4 nitrogen and oxygen atoms in total. The molecule has 1 aromatic rings. The third-order valence-electron chi connectivity index (χ3n) is 5.05. The highest BCUT2D eigenvalue weighted by molar-refractivity contribution is 5.92. The van der Waals surface area contributed by atoms with Crippen molar-refractivity contribution in [2.24, 2.45) is 5.73 Å². The largest absolute Gasteiger partial charge is 0.366 e. The molecule has 1 spiro atoms.